The first kappa shape index (κ1) is 11.9. The van der Waals surface area contributed by atoms with Crippen LogP contribution in [0, 0.1) is 6.92 Å². The third-order valence-corrected chi connectivity index (χ3v) is 2.34. The highest BCUT2D eigenvalue weighted by atomic mass is 16.5. The molecule has 0 fully saturated rings. The van der Waals surface area contributed by atoms with Gasteiger partial charge in [0.15, 0.2) is 0 Å². The second-order valence-corrected chi connectivity index (χ2v) is 3.68. The fraction of sp³-hybridized carbons (Fsp3) is 0.500. The Labute approximate surface area is 90.6 Å². The fourth-order valence-corrected chi connectivity index (χ4v) is 1.60. The molecule has 0 spiro atoms. The summed E-state index contributed by atoms with van der Waals surface area (Å²) in [5, 5.41) is 9.32. The maximum Gasteiger partial charge on any atom is 0.125 e. The lowest BCUT2D eigenvalue weighted by molar-refractivity contribution is 0.195. The molecule has 15 heavy (non-hydrogen) atoms. The molecule has 0 heterocycles. The predicted molar refractivity (Wildman–Crippen MR) is 59.7 cm³/mol. The first-order valence-electron chi connectivity index (χ1n) is 4.98. The third-order valence-electron chi connectivity index (χ3n) is 2.34. The van der Waals surface area contributed by atoms with E-state index in [-0.39, 0.29) is 6.10 Å². The van der Waals surface area contributed by atoms with Crippen LogP contribution in [0.5, 0.6) is 11.5 Å². The standard InChI is InChI=1S/C12H18O3/c1-8(13)5-10-6-11(14-3)9(2)12(7-10)15-4/h6-8,13H,5H2,1-4H3. The lowest BCUT2D eigenvalue weighted by atomic mass is 10.0. The van der Waals surface area contributed by atoms with E-state index in [0.29, 0.717) is 6.42 Å². The SMILES string of the molecule is COc1cc(CC(C)O)cc(OC)c1C. The van der Waals surface area contributed by atoms with Crippen molar-refractivity contribution in [3.05, 3.63) is 23.3 Å². The van der Waals surface area contributed by atoms with Gasteiger partial charge in [0, 0.05) is 5.56 Å². The molecule has 0 bridgehead atoms. The van der Waals surface area contributed by atoms with Crippen LogP contribution in [0.25, 0.3) is 0 Å². The topological polar surface area (TPSA) is 38.7 Å². The number of methoxy groups -OCH3 is 2. The lowest BCUT2D eigenvalue weighted by Crippen LogP contribution is -2.05. The van der Waals surface area contributed by atoms with Crippen LogP contribution in [0.3, 0.4) is 0 Å². The molecule has 3 nitrogen and oxygen atoms in total. The summed E-state index contributed by atoms with van der Waals surface area (Å²) in [6.07, 6.45) is 0.245. The fourth-order valence-electron chi connectivity index (χ4n) is 1.60. The van der Waals surface area contributed by atoms with Crippen LogP contribution in [0.2, 0.25) is 0 Å². The van der Waals surface area contributed by atoms with Crippen LogP contribution < -0.4 is 9.47 Å². The summed E-state index contributed by atoms with van der Waals surface area (Å²) in [4.78, 5) is 0. The number of benzene rings is 1. The van der Waals surface area contributed by atoms with Gasteiger partial charge in [-0.25, -0.2) is 0 Å². The highest BCUT2D eigenvalue weighted by Gasteiger charge is 2.09. The zero-order valence-corrected chi connectivity index (χ0v) is 9.70. The number of hydrogen-bond acceptors (Lipinski definition) is 3. The average Bonchev–Trinajstić information content (AvgIpc) is 2.19. The molecule has 0 saturated heterocycles. The van der Waals surface area contributed by atoms with E-state index in [9.17, 15) is 5.11 Å². The Bertz CT molecular complexity index is 307. The minimum absolute atomic E-state index is 0.359. The number of hydrogen-bond donors (Lipinski definition) is 1. The van der Waals surface area contributed by atoms with E-state index in [1.807, 2.05) is 19.1 Å². The van der Waals surface area contributed by atoms with E-state index in [0.717, 1.165) is 22.6 Å². The minimum Gasteiger partial charge on any atom is -0.496 e. The van der Waals surface area contributed by atoms with Gasteiger partial charge in [-0.15, -0.1) is 0 Å². The molecular weight excluding hydrogens is 192 g/mol. The van der Waals surface area contributed by atoms with Gasteiger partial charge in [0.1, 0.15) is 11.5 Å². The molecule has 0 saturated carbocycles. The van der Waals surface area contributed by atoms with Crippen LogP contribution in [-0.2, 0) is 6.42 Å². The first-order chi connectivity index (χ1) is 7.08. The van der Waals surface area contributed by atoms with Gasteiger partial charge in [-0.1, -0.05) is 0 Å². The minimum atomic E-state index is -0.359. The monoisotopic (exact) mass is 210 g/mol. The van der Waals surface area contributed by atoms with Crippen molar-refractivity contribution in [2.45, 2.75) is 26.4 Å². The Kier molecular flexibility index (Phi) is 3.97. The van der Waals surface area contributed by atoms with Crippen molar-refractivity contribution in [1.29, 1.82) is 0 Å². The molecular formula is C12H18O3. The molecule has 0 aromatic heterocycles. The van der Waals surface area contributed by atoms with Gasteiger partial charge in [-0.3, -0.25) is 0 Å². The van der Waals surface area contributed by atoms with E-state index >= 15 is 0 Å². The molecule has 0 aliphatic carbocycles. The zero-order chi connectivity index (χ0) is 11.4. The predicted octanol–water partition coefficient (Wildman–Crippen LogP) is 1.94. The Hall–Kier alpha value is -1.22. The van der Waals surface area contributed by atoms with Crippen LogP contribution in [-0.4, -0.2) is 25.4 Å². The van der Waals surface area contributed by atoms with Gasteiger partial charge in [-0.05, 0) is 38.0 Å². The van der Waals surface area contributed by atoms with Crippen LogP contribution in [0.15, 0.2) is 12.1 Å². The molecule has 0 aliphatic heterocycles. The van der Waals surface area contributed by atoms with Gasteiger partial charge in [0.25, 0.3) is 0 Å². The second-order valence-electron chi connectivity index (χ2n) is 3.68. The van der Waals surface area contributed by atoms with Gasteiger partial charge in [0.05, 0.1) is 20.3 Å². The maximum atomic E-state index is 9.32. The quantitative estimate of drug-likeness (QED) is 0.825. The van der Waals surface area contributed by atoms with Gasteiger partial charge in [0.2, 0.25) is 0 Å². The van der Waals surface area contributed by atoms with E-state index in [1.54, 1.807) is 21.1 Å². The Balaban J connectivity index is 3.09. The Morgan fingerprint density at radius 1 is 1.20 bits per heavy atom. The van der Waals surface area contributed by atoms with Gasteiger partial charge < -0.3 is 14.6 Å². The molecule has 1 unspecified atom stereocenters. The van der Waals surface area contributed by atoms with Crippen LogP contribution in [0.4, 0.5) is 0 Å². The summed E-state index contributed by atoms with van der Waals surface area (Å²) in [7, 11) is 3.27. The normalized spacial score (nSPS) is 12.3. The number of aliphatic hydroxyl groups is 1. The van der Waals surface area contributed by atoms with Crippen molar-refractivity contribution < 1.29 is 14.6 Å². The highest BCUT2D eigenvalue weighted by Crippen LogP contribution is 2.29. The summed E-state index contributed by atoms with van der Waals surface area (Å²) < 4.78 is 10.5. The maximum absolute atomic E-state index is 9.32. The molecule has 1 aromatic carbocycles. The van der Waals surface area contributed by atoms with Crippen molar-refractivity contribution in [2.75, 3.05) is 14.2 Å². The lowest BCUT2D eigenvalue weighted by Gasteiger charge is -2.13. The molecule has 1 atom stereocenters. The van der Waals surface area contributed by atoms with Crippen molar-refractivity contribution >= 4 is 0 Å². The molecule has 0 radical (unpaired) electrons. The van der Waals surface area contributed by atoms with E-state index in [2.05, 4.69) is 0 Å². The molecule has 0 amide bonds. The molecule has 0 aliphatic rings. The molecule has 1 N–H and O–H groups in total. The third kappa shape index (κ3) is 2.86. The smallest absolute Gasteiger partial charge is 0.125 e. The van der Waals surface area contributed by atoms with Crippen molar-refractivity contribution in [1.82, 2.24) is 0 Å². The number of rotatable bonds is 4. The van der Waals surface area contributed by atoms with Gasteiger partial charge >= 0.3 is 0 Å². The van der Waals surface area contributed by atoms with Crippen molar-refractivity contribution in [2.24, 2.45) is 0 Å². The largest absolute Gasteiger partial charge is 0.496 e. The average molecular weight is 210 g/mol. The molecule has 1 rings (SSSR count). The van der Waals surface area contributed by atoms with Crippen molar-refractivity contribution in [3.8, 4) is 11.5 Å². The second kappa shape index (κ2) is 5.03. The van der Waals surface area contributed by atoms with E-state index in [1.165, 1.54) is 0 Å². The highest BCUT2D eigenvalue weighted by molar-refractivity contribution is 5.47. The molecule has 84 valence electrons. The summed E-state index contributed by atoms with van der Waals surface area (Å²) >= 11 is 0. The molecule has 1 aromatic rings. The summed E-state index contributed by atoms with van der Waals surface area (Å²) in [5.74, 6) is 1.59. The van der Waals surface area contributed by atoms with Crippen LogP contribution >= 0.6 is 0 Å². The Morgan fingerprint density at radius 3 is 2.00 bits per heavy atom. The summed E-state index contributed by atoms with van der Waals surface area (Å²) in [6.45, 7) is 3.71. The molecule has 3 heteroatoms. The zero-order valence-electron chi connectivity index (χ0n) is 9.70. The Morgan fingerprint density at radius 2 is 1.67 bits per heavy atom. The first-order valence-corrected chi connectivity index (χ1v) is 4.98. The van der Waals surface area contributed by atoms with Crippen LogP contribution in [0.1, 0.15) is 18.1 Å². The van der Waals surface area contributed by atoms with Gasteiger partial charge in [-0.2, -0.15) is 0 Å². The van der Waals surface area contributed by atoms with E-state index in [4.69, 9.17) is 9.47 Å². The summed E-state index contributed by atoms with van der Waals surface area (Å²) in [6, 6.07) is 3.87. The van der Waals surface area contributed by atoms with E-state index < -0.39 is 0 Å². The number of aliphatic hydroxyl groups excluding tert-OH is 1. The summed E-state index contributed by atoms with van der Waals surface area (Å²) in [5.41, 5.74) is 2.00. The van der Waals surface area contributed by atoms with Crippen molar-refractivity contribution in [3.63, 3.8) is 0 Å². The number of ether oxygens (including phenoxy) is 2.